The summed E-state index contributed by atoms with van der Waals surface area (Å²) in [4.78, 5) is 10.7. The third-order valence-corrected chi connectivity index (χ3v) is 3.42. The van der Waals surface area contributed by atoms with E-state index in [1.54, 1.807) is 0 Å². The molecule has 1 aromatic carbocycles. The Balaban J connectivity index is 2.14. The van der Waals surface area contributed by atoms with Gasteiger partial charge in [-0.2, -0.15) is 0 Å². The maximum Gasteiger partial charge on any atom is 0.335 e. The van der Waals surface area contributed by atoms with E-state index < -0.39 is 11.8 Å². The lowest BCUT2D eigenvalue weighted by Crippen LogP contribution is -2.22. The van der Waals surface area contributed by atoms with Crippen molar-refractivity contribution < 1.29 is 14.3 Å². The van der Waals surface area contributed by atoms with Crippen LogP contribution in [0.25, 0.3) is 0 Å². The van der Waals surface area contributed by atoms with Crippen molar-refractivity contribution in [3.63, 3.8) is 0 Å². The Bertz CT molecular complexity index is 433. The summed E-state index contributed by atoms with van der Waals surface area (Å²) >= 11 is 0. The molecule has 4 heteroatoms. The van der Waals surface area contributed by atoms with Crippen molar-refractivity contribution in [1.29, 1.82) is 0 Å². The number of carbonyl (C=O) groups is 1. The Morgan fingerprint density at radius 2 is 2.24 bits per heavy atom. The van der Waals surface area contributed by atoms with Gasteiger partial charge in [0.1, 0.15) is 5.82 Å². The maximum atomic E-state index is 13.7. The van der Waals surface area contributed by atoms with E-state index in [4.69, 9.17) is 5.11 Å². The molecular weight excluding hydrogens is 221 g/mol. The van der Waals surface area contributed by atoms with Crippen LogP contribution in [-0.4, -0.2) is 17.1 Å². The van der Waals surface area contributed by atoms with Crippen LogP contribution in [-0.2, 0) is 0 Å². The van der Waals surface area contributed by atoms with Crippen LogP contribution in [0.1, 0.15) is 36.5 Å². The van der Waals surface area contributed by atoms with Crippen molar-refractivity contribution in [3.8, 4) is 0 Å². The SMILES string of the molecule is CC1CCCC1Nc1ccc(C(=O)O)cc1F. The number of carboxylic acid groups (broad SMARTS) is 1. The molecule has 0 aliphatic heterocycles. The molecule has 2 rings (SSSR count). The van der Waals surface area contributed by atoms with Gasteiger partial charge in [-0.3, -0.25) is 0 Å². The number of nitrogens with one attached hydrogen (secondary N) is 1. The molecular formula is C13H16FNO2. The number of carboxylic acids is 1. The van der Waals surface area contributed by atoms with E-state index in [9.17, 15) is 9.18 Å². The van der Waals surface area contributed by atoms with E-state index in [-0.39, 0.29) is 5.56 Å². The lowest BCUT2D eigenvalue weighted by Gasteiger charge is -2.19. The molecule has 0 saturated heterocycles. The number of hydrogen-bond donors (Lipinski definition) is 2. The predicted molar refractivity (Wildman–Crippen MR) is 63.8 cm³/mol. The number of hydrogen-bond acceptors (Lipinski definition) is 2. The van der Waals surface area contributed by atoms with Gasteiger partial charge in [-0.25, -0.2) is 9.18 Å². The van der Waals surface area contributed by atoms with Crippen molar-refractivity contribution in [2.45, 2.75) is 32.2 Å². The van der Waals surface area contributed by atoms with E-state index in [2.05, 4.69) is 12.2 Å². The molecule has 2 N–H and O–H groups in total. The Morgan fingerprint density at radius 3 is 2.76 bits per heavy atom. The second-order valence-corrected chi connectivity index (χ2v) is 4.66. The second kappa shape index (κ2) is 4.73. The highest BCUT2D eigenvalue weighted by Crippen LogP contribution is 2.29. The van der Waals surface area contributed by atoms with Gasteiger partial charge in [0.2, 0.25) is 0 Å². The molecule has 0 heterocycles. The molecule has 2 unspecified atom stereocenters. The quantitative estimate of drug-likeness (QED) is 0.849. The highest BCUT2D eigenvalue weighted by Gasteiger charge is 2.23. The summed E-state index contributed by atoms with van der Waals surface area (Å²) in [7, 11) is 0. The summed E-state index contributed by atoms with van der Waals surface area (Å²) in [6, 6.07) is 4.28. The lowest BCUT2D eigenvalue weighted by molar-refractivity contribution is 0.0696. The molecule has 1 fully saturated rings. The van der Waals surface area contributed by atoms with Gasteiger partial charge in [-0.15, -0.1) is 0 Å². The molecule has 2 atom stereocenters. The Labute approximate surface area is 99.7 Å². The molecule has 92 valence electrons. The minimum Gasteiger partial charge on any atom is -0.478 e. The fourth-order valence-electron chi connectivity index (χ4n) is 2.32. The lowest BCUT2D eigenvalue weighted by atomic mass is 10.1. The maximum absolute atomic E-state index is 13.7. The van der Waals surface area contributed by atoms with Crippen LogP contribution in [0, 0.1) is 11.7 Å². The van der Waals surface area contributed by atoms with Gasteiger partial charge >= 0.3 is 5.97 Å². The normalized spacial score (nSPS) is 23.6. The fourth-order valence-corrected chi connectivity index (χ4v) is 2.32. The standard InChI is InChI=1S/C13H16FNO2/c1-8-3-2-4-11(8)15-12-6-5-9(13(16)17)7-10(12)14/h5-8,11,15H,2-4H2,1H3,(H,16,17). The van der Waals surface area contributed by atoms with Gasteiger partial charge in [-0.1, -0.05) is 13.3 Å². The zero-order valence-corrected chi connectivity index (χ0v) is 9.74. The third-order valence-electron chi connectivity index (χ3n) is 3.42. The van der Waals surface area contributed by atoms with Crippen molar-refractivity contribution in [2.24, 2.45) is 5.92 Å². The number of rotatable bonds is 3. The van der Waals surface area contributed by atoms with Gasteiger partial charge in [-0.05, 0) is 37.0 Å². The second-order valence-electron chi connectivity index (χ2n) is 4.66. The van der Waals surface area contributed by atoms with E-state index in [1.165, 1.54) is 12.1 Å². The first-order chi connectivity index (χ1) is 8.08. The van der Waals surface area contributed by atoms with Gasteiger partial charge in [0, 0.05) is 6.04 Å². The van der Waals surface area contributed by atoms with Gasteiger partial charge in [0.15, 0.2) is 0 Å². The number of aromatic carboxylic acids is 1. The minimum atomic E-state index is -1.11. The van der Waals surface area contributed by atoms with Crippen molar-refractivity contribution in [2.75, 3.05) is 5.32 Å². The van der Waals surface area contributed by atoms with Crippen molar-refractivity contribution >= 4 is 11.7 Å². The van der Waals surface area contributed by atoms with E-state index in [0.717, 1.165) is 25.3 Å². The molecule has 0 amide bonds. The summed E-state index contributed by atoms with van der Waals surface area (Å²) in [6.07, 6.45) is 3.36. The smallest absolute Gasteiger partial charge is 0.335 e. The topological polar surface area (TPSA) is 49.3 Å². The predicted octanol–water partition coefficient (Wildman–Crippen LogP) is 3.12. The van der Waals surface area contributed by atoms with Gasteiger partial charge < -0.3 is 10.4 Å². The average Bonchev–Trinajstić information content (AvgIpc) is 2.67. The van der Waals surface area contributed by atoms with Crippen molar-refractivity contribution in [3.05, 3.63) is 29.6 Å². The van der Waals surface area contributed by atoms with Crippen LogP contribution in [0.4, 0.5) is 10.1 Å². The fraction of sp³-hybridized carbons (Fsp3) is 0.462. The summed E-state index contributed by atoms with van der Waals surface area (Å²) in [5, 5.41) is 11.9. The zero-order valence-electron chi connectivity index (χ0n) is 9.74. The molecule has 3 nitrogen and oxygen atoms in total. The van der Waals surface area contributed by atoms with Crippen LogP contribution >= 0.6 is 0 Å². The highest BCUT2D eigenvalue weighted by molar-refractivity contribution is 5.88. The molecule has 1 aliphatic rings. The first-order valence-corrected chi connectivity index (χ1v) is 5.87. The number of anilines is 1. The Morgan fingerprint density at radius 1 is 1.47 bits per heavy atom. The monoisotopic (exact) mass is 237 g/mol. The minimum absolute atomic E-state index is 0.0208. The molecule has 0 spiro atoms. The summed E-state index contributed by atoms with van der Waals surface area (Å²) in [5.41, 5.74) is 0.376. The highest BCUT2D eigenvalue weighted by atomic mass is 19.1. The van der Waals surface area contributed by atoms with E-state index in [1.807, 2.05) is 0 Å². The summed E-state index contributed by atoms with van der Waals surface area (Å²) in [5.74, 6) is -1.07. The van der Waals surface area contributed by atoms with Crippen LogP contribution in [0.15, 0.2) is 18.2 Å². The van der Waals surface area contributed by atoms with Crippen LogP contribution < -0.4 is 5.32 Å². The molecule has 1 saturated carbocycles. The first kappa shape index (κ1) is 11.9. The molecule has 0 bridgehead atoms. The Hall–Kier alpha value is -1.58. The van der Waals surface area contributed by atoms with Gasteiger partial charge in [0.25, 0.3) is 0 Å². The zero-order chi connectivity index (χ0) is 12.4. The van der Waals surface area contributed by atoms with Gasteiger partial charge in [0.05, 0.1) is 11.3 Å². The van der Waals surface area contributed by atoms with E-state index >= 15 is 0 Å². The third kappa shape index (κ3) is 2.57. The van der Waals surface area contributed by atoms with Crippen LogP contribution in [0.3, 0.4) is 0 Å². The largest absolute Gasteiger partial charge is 0.478 e. The summed E-state index contributed by atoms with van der Waals surface area (Å²) < 4.78 is 13.7. The van der Waals surface area contributed by atoms with E-state index in [0.29, 0.717) is 17.6 Å². The first-order valence-electron chi connectivity index (χ1n) is 5.87. The average molecular weight is 237 g/mol. The molecule has 0 aromatic heterocycles. The number of halogens is 1. The molecule has 0 radical (unpaired) electrons. The molecule has 1 aromatic rings. The molecule has 1 aliphatic carbocycles. The summed E-state index contributed by atoms with van der Waals surface area (Å²) in [6.45, 7) is 2.15. The van der Waals surface area contributed by atoms with Crippen molar-refractivity contribution in [1.82, 2.24) is 0 Å². The van der Waals surface area contributed by atoms with Crippen LogP contribution in [0.5, 0.6) is 0 Å². The number of benzene rings is 1. The Kier molecular flexibility index (Phi) is 3.31. The van der Waals surface area contributed by atoms with Crippen LogP contribution in [0.2, 0.25) is 0 Å². The molecule has 17 heavy (non-hydrogen) atoms.